The summed E-state index contributed by atoms with van der Waals surface area (Å²) >= 11 is 0. The first-order chi connectivity index (χ1) is 8.72. The van der Waals surface area contributed by atoms with Crippen molar-refractivity contribution in [1.29, 1.82) is 0 Å². The van der Waals surface area contributed by atoms with Crippen molar-refractivity contribution in [2.24, 2.45) is 5.92 Å². The molecule has 0 aliphatic heterocycles. The molecule has 4 nitrogen and oxygen atoms in total. The highest BCUT2D eigenvalue weighted by Gasteiger charge is 2.18. The third-order valence-electron chi connectivity index (χ3n) is 3.49. The van der Waals surface area contributed by atoms with Gasteiger partial charge in [0.05, 0.1) is 0 Å². The Bertz CT molecular complexity index is 321. The Labute approximate surface area is 111 Å². The summed E-state index contributed by atoms with van der Waals surface area (Å²) in [5.41, 5.74) is 0. The van der Waals surface area contributed by atoms with Crippen LogP contribution >= 0.6 is 0 Å². The molecule has 104 valence electrons. The molecule has 0 saturated heterocycles. The van der Waals surface area contributed by atoms with E-state index in [1.54, 1.807) is 6.33 Å². The highest BCUT2D eigenvalue weighted by atomic mass is 15.3. The fraction of sp³-hybridized carbons (Fsp3) is 0.857. The second kappa shape index (κ2) is 8.25. The number of aromatic nitrogens is 3. The molecule has 0 aromatic carbocycles. The molecule has 1 heterocycles. The summed E-state index contributed by atoms with van der Waals surface area (Å²) in [6.07, 6.45) is 6.33. The average Bonchev–Trinajstić information content (AvgIpc) is 2.81. The van der Waals surface area contributed by atoms with Crippen molar-refractivity contribution in [3.63, 3.8) is 0 Å². The van der Waals surface area contributed by atoms with E-state index in [1.165, 1.54) is 19.3 Å². The highest BCUT2D eigenvalue weighted by Crippen LogP contribution is 2.14. The number of hydrogen-bond acceptors (Lipinski definition) is 3. The van der Waals surface area contributed by atoms with Crippen LogP contribution in [-0.2, 0) is 13.0 Å². The molecule has 0 aliphatic carbocycles. The first kappa shape index (κ1) is 15.2. The molecular weight excluding hydrogens is 224 g/mol. The van der Waals surface area contributed by atoms with Gasteiger partial charge in [-0.3, -0.25) is 4.68 Å². The van der Waals surface area contributed by atoms with Gasteiger partial charge in [-0.15, -0.1) is 0 Å². The lowest BCUT2D eigenvalue weighted by Gasteiger charge is -2.24. The minimum atomic E-state index is 0.513. The Hall–Kier alpha value is -0.900. The van der Waals surface area contributed by atoms with Gasteiger partial charge >= 0.3 is 0 Å². The fourth-order valence-electron chi connectivity index (χ4n) is 2.37. The largest absolute Gasteiger partial charge is 0.313 e. The molecule has 1 aromatic heterocycles. The van der Waals surface area contributed by atoms with E-state index in [2.05, 4.69) is 43.1 Å². The van der Waals surface area contributed by atoms with Crippen molar-refractivity contribution >= 4 is 0 Å². The van der Waals surface area contributed by atoms with Crippen molar-refractivity contribution in [2.45, 2.75) is 66.0 Å². The topological polar surface area (TPSA) is 42.7 Å². The van der Waals surface area contributed by atoms with Gasteiger partial charge in [-0.05, 0) is 32.2 Å². The van der Waals surface area contributed by atoms with Crippen LogP contribution in [0.2, 0.25) is 0 Å². The van der Waals surface area contributed by atoms with Gasteiger partial charge in [-0.2, -0.15) is 5.10 Å². The molecule has 2 unspecified atom stereocenters. The van der Waals surface area contributed by atoms with Crippen LogP contribution in [0, 0.1) is 5.92 Å². The molecule has 0 aliphatic rings. The normalized spacial score (nSPS) is 14.7. The predicted molar refractivity (Wildman–Crippen MR) is 75.6 cm³/mol. The quantitative estimate of drug-likeness (QED) is 0.734. The molecule has 1 rings (SSSR count). The van der Waals surface area contributed by atoms with Gasteiger partial charge in [-0.25, -0.2) is 4.98 Å². The maximum Gasteiger partial charge on any atom is 0.138 e. The molecular formula is C14H28N4. The van der Waals surface area contributed by atoms with E-state index in [4.69, 9.17) is 0 Å². The molecule has 4 heteroatoms. The first-order valence-corrected chi connectivity index (χ1v) is 7.32. The summed E-state index contributed by atoms with van der Waals surface area (Å²) in [6, 6.07) is 0.513. The standard InChI is InChI=1S/C14H28N4/c1-5-8-12(4)13(15-9-6-2)10-14-16-11-17-18(14)7-3/h11-13,15H,5-10H2,1-4H3. The summed E-state index contributed by atoms with van der Waals surface area (Å²) in [5, 5.41) is 7.91. The smallest absolute Gasteiger partial charge is 0.138 e. The molecule has 0 amide bonds. The van der Waals surface area contributed by atoms with Crippen LogP contribution in [0.5, 0.6) is 0 Å². The Morgan fingerprint density at radius 1 is 1.28 bits per heavy atom. The second-order valence-electron chi connectivity index (χ2n) is 5.02. The fourth-order valence-corrected chi connectivity index (χ4v) is 2.37. The monoisotopic (exact) mass is 252 g/mol. The number of aryl methyl sites for hydroxylation is 1. The van der Waals surface area contributed by atoms with Gasteiger partial charge < -0.3 is 5.32 Å². The van der Waals surface area contributed by atoms with Crippen molar-refractivity contribution in [3.8, 4) is 0 Å². The third-order valence-corrected chi connectivity index (χ3v) is 3.49. The molecule has 18 heavy (non-hydrogen) atoms. The molecule has 1 N–H and O–H groups in total. The van der Waals surface area contributed by atoms with Crippen molar-refractivity contribution in [1.82, 2.24) is 20.1 Å². The van der Waals surface area contributed by atoms with Crippen LogP contribution in [0.3, 0.4) is 0 Å². The lowest BCUT2D eigenvalue weighted by molar-refractivity contribution is 0.343. The van der Waals surface area contributed by atoms with Crippen LogP contribution in [0.4, 0.5) is 0 Å². The van der Waals surface area contributed by atoms with E-state index in [0.29, 0.717) is 12.0 Å². The summed E-state index contributed by atoms with van der Waals surface area (Å²) in [6.45, 7) is 10.9. The zero-order chi connectivity index (χ0) is 13.4. The first-order valence-electron chi connectivity index (χ1n) is 7.32. The van der Waals surface area contributed by atoms with Gasteiger partial charge in [0.2, 0.25) is 0 Å². The van der Waals surface area contributed by atoms with Crippen LogP contribution < -0.4 is 5.32 Å². The molecule has 0 radical (unpaired) electrons. The molecule has 0 bridgehead atoms. The van der Waals surface area contributed by atoms with Crippen molar-refractivity contribution in [3.05, 3.63) is 12.2 Å². The molecule has 1 aromatic rings. The zero-order valence-electron chi connectivity index (χ0n) is 12.3. The maximum atomic E-state index is 4.39. The van der Waals surface area contributed by atoms with Gasteiger partial charge in [0.1, 0.15) is 12.2 Å². The van der Waals surface area contributed by atoms with E-state index >= 15 is 0 Å². The number of rotatable bonds is 9. The average molecular weight is 252 g/mol. The van der Waals surface area contributed by atoms with E-state index in [1.807, 2.05) is 4.68 Å². The van der Waals surface area contributed by atoms with Crippen molar-refractivity contribution in [2.75, 3.05) is 6.54 Å². The van der Waals surface area contributed by atoms with E-state index < -0.39 is 0 Å². The summed E-state index contributed by atoms with van der Waals surface area (Å²) in [7, 11) is 0. The summed E-state index contributed by atoms with van der Waals surface area (Å²) in [5.74, 6) is 1.79. The van der Waals surface area contributed by atoms with E-state index in [0.717, 1.165) is 25.3 Å². The van der Waals surface area contributed by atoms with Gasteiger partial charge in [-0.1, -0.05) is 27.2 Å². The Kier molecular flexibility index (Phi) is 6.94. The highest BCUT2D eigenvalue weighted by molar-refractivity contribution is 4.91. The number of nitrogens with zero attached hydrogens (tertiary/aromatic N) is 3. The third kappa shape index (κ3) is 4.41. The zero-order valence-corrected chi connectivity index (χ0v) is 12.3. The number of nitrogens with one attached hydrogen (secondary N) is 1. The van der Waals surface area contributed by atoms with E-state index in [-0.39, 0.29) is 0 Å². The van der Waals surface area contributed by atoms with E-state index in [9.17, 15) is 0 Å². The minimum absolute atomic E-state index is 0.513. The second-order valence-corrected chi connectivity index (χ2v) is 5.02. The lowest BCUT2D eigenvalue weighted by atomic mass is 9.94. The Morgan fingerprint density at radius 3 is 2.67 bits per heavy atom. The van der Waals surface area contributed by atoms with Crippen LogP contribution in [0.15, 0.2) is 6.33 Å². The Morgan fingerprint density at radius 2 is 2.06 bits per heavy atom. The summed E-state index contributed by atoms with van der Waals surface area (Å²) in [4.78, 5) is 4.39. The molecule has 0 spiro atoms. The summed E-state index contributed by atoms with van der Waals surface area (Å²) < 4.78 is 2.00. The van der Waals surface area contributed by atoms with Crippen molar-refractivity contribution < 1.29 is 0 Å². The van der Waals surface area contributed by atoms with Gasteiger partial charge in [0.25, 0.3) is 0 Å². The maximum absolute atomic E-state index is 4.39. The van der Waals surface area contributed by atoms with Gasteiger partial charge in [0.15, 0.2) is 0 Å². The molecule has 0 saturated carbocycles. The van der Waals surface area contributed by atoms with Crippen LogP contribution in [-0.4, -0.2) is 27.4 Å². The lowest BCUT2D eigenvalue weighted by Crippen LogP contribution is -2.38. The Balaban J connectivity index is 2.64. The number of hydrogen-bond donors (Lipinski definition) is 1. The van der Waals surface area contributed by atoms with Crippen LogP contribution in [0.25, 0.3) is 0 Å². The molecule has 0 fully saturated rings. The molecule has 2 atom stereocenters. The van der Waals surface area contributed by atoms with Gasteiger partial charge in [0, 0.05) is 19.0 Å². The predicted octanol–water partition coefficient (Wildman–Crippen LogP) is 2.64. The minimum Gasteiger partial charge on any atom is -0.313 e. The van der Waals surface area contributed by atoms with Crippen LogP contribution in [0.1, 0.15) is 52.8 Å². The SMILES string of the molecule is CCCNC(Cc1ncnn1CC)C(C)CCC.